The molecule has 3 N–H and O–H groups in total. The molecule has 0 saturated carbocycles. The molecule has 0 radical (unpaired) electrons. The van der Waals surface area contributed by atoms with E-state index in [1.807, 2.05) is 31.2 Å². The van der Waals surface area contributed by atoms with Crippen molar-refractivity contribution < 1.29 is 29.3 Å². The van der Waals surface area contributed by atoms with Gasteiger partial charge in [-0.1, -0.05) is 24.3 Å². The fourth-order valence-corrected chi connectivity index (χ4v) is 4.96. The number of amides is 2. The number of carboxylic acids is 1. The van der Waals surface area contributed by atoms with E-state index >= 15 is 0 Å². The Morgan fingerprint density at radius 2 is 1.94 bits per heavy atom. The first kappa shape index (κ1) is 22.4. The number of carbonyl (C=O) groups excluding carboxylic acids is 2. The van der Waals surface area contributed by atoms with Crippen LogP contribution in [-0.2, 0) is 25.7 Å². The molecule has 2 aromatic rings. The number of hydrogen-bond acceptors (Lipinski definition) is 7. The zero-order valence-electron chi connectivity index (χ0n) is 17.6. The summed E-state index contributed by atoms with van der Waals surface area (Å²) in [5.74, 6) is -1.91. The number of aliphatic carboxylic acids is 1. The minimum Gasteiger partial charge on any atom is -0.479 e. The second-order valence-corrected chi connectivity index (χ2v) is 8.96. The van der Waals surface area contributed by atoms with Gasteiger partial charge in [0.2, 0.25) is 5.91 Å². The largest absolute Gasteiger partial charge is 0.479 e. The summed E-state index contributed by atoms with van der Waals surface area (Å²) >= 11 is 1.57. The van der Waals surface area contributed by atoms with E-state index in [0.29, 0.717) is 0 Å². The van der Waals surface area contributed by atoms with Crippen molar-refractivity contribution in [2.45, 2.75) is 57.1 Å². The number of aryl methyl sites for hydroxylation is 1. The van der Waals surface area contributed by atoms with Gasteiger partial charge in [-0.3, -0.25) is 9.59 Å². The van der Waals surface area contributed by atoms with Crippen LogP contribution in [0.25, 0.3) is 10.4 Å². The number of nitrogens with zero attached hydrogens (tertiary/aromatic N) is 2. The van der Waals surface area contributed by atoms with Crippen molar-refractivity contribution in [2.75, 3.05) is 6.54 Å². The van der Waals surface area contributed by atoms with Crippen LogP contribution in [0.1, 0.15) is 30.5 Å². The van der Waals surface area contributed by atoms with E-state index in [1.54, 1.807) is 16.8 Å². The van der Waals surface area contributed by atoms with Crippen LogP contribution < -0.4 is 5.32 Å². The van der Waals surface area contributed by atoms with Crippen molar-refractivity contribution in [3.8, 4) is 10.4 Å². The first-order chi connectivity index (χ1) is 15.3. The Hall–Kier alpha value is -2.82. The number of benzene rings is 1. The van der Waals surface area contributed by atoms with Crippen molar-refractivity contribution >= 4 is 29.1 Å². The van der Waals surface area contributed by atoms with Gasteiger partial charge in [-0.15, -0.1) is 11.3 Å². The van der Waals surface area contributed by atoms with E-state index in [1.165, 1.54) is 4.90 Å². The molecule has 3 heterocycles. The van der Waals surface area contributed by atoms with E-state index in [9.17, 15) is 19.5 Å². The zero-order valence-corrected chi connectivity index (χ0v) is 18.4. The van der Waals surface area contributed by atoms with Crippen LogP contribution in [0.4, 0.5) is 0 Å². The molecule has 2 aliphatic heterocycles. The highest BCUT2D eigenvalue weighted by molar-refractivity contribution is 7.13. The Kier molecular flexibility index (Phi) is 6.54. The maximum absolute atomic E-state index is 12.8. The van der Waals surface area contributed by atoms with Crippen molar-refractivity contribution in [3.05, 3.63) is 41.0 Å². The Balaban J connectivity index is 1.36. The molecule has 9 nitrogen and oxygen atoms in total. The minimum absolute atomic E-state index is 0.0252. The lowest BCUT2D eigenvalue weighted by Crippen LogP contribution is -2.49. The van der Waals surface area contributed by atoms with E-state index in [4.69, 9.17) is 9.84 Å². The first-order valence-corrected chi connectivity index (χ1v) is 11.4. The van der Waals surface area contributed by atoms with Crippen molar-refractivity contribution in [3.63, 3.8) is 0 Å². The predicted molar refractivity (Wildman–Crippen MR) is 116 cm³/mol. The van der Waals surface area contributed by atoms with Gasteiger partial charge in [-0.25, -0.2) is 9.78 Å². The molecule has 1 aromatic carbocycles. The standard InChI is InChI=1S/C22H25N3O6S/c1-12-19(32-11-24-12)14-4-2-13(3-5-14)9-23-20(27)16-8-15(26)10-25(16)21(28)17-6-7-18(31-17)22(29)30/h2-5,11,15-18,26H,6-10H2,1H3,(H,23,27)(H,29,30)/t15-,16+,17-,18+/m1/s1. The number of hydrogen-bond donors (Lipinski definition) is 3. The van der Waals surface area contributed by atoms with Gasteiger partial charge in [0.25, 0.3) is 5.91 Å². The van der Waals surface area contributed by atoms with Crippen molar-refractivity contribution in [1.82, 2.24) is 15.2 Å². The number of likely N-dealkylation sites (tertiary alicyclic amines) is 1. The van der Waals surface area contributed by atoms with Gasteiger partial charge in [0.05, 0.1) is 22.2 Å². The van der Waals surface area contributed by atoms with E-state index < -0.39 is 36.2 Å². The number of aliphatic hydroxyl groups excluding tert-OH is 1. The molecule has 2 saturated heterocycles. The highest BCUT2D eigenvalue weighted by Gasteiger charge is 2.44. The summed E-state index contributed by atoms with van der Waals surface area (Å²) in [7, 11) is 0. The van der Waals surface area contributed by atoms with E-state index in [-0.39, 0.29) is 38.3 Å². The summed E-state index contributed by atoms with van der Waals surface area (Å²) in [6.45, 7) is 2.27. The molecule has 0 unspecified atom stereocenters. The first-order valence-electron chi connectivity index (χ1n) is 10.5. The minimum atomic E-state index is -1.10. The summed E-state index contributed by atoms with van der Waals surface area (Å²) in [5.41, 5.74) is 4.75. The number of aromatic nitrogens is 1. The summed E-state index contributed by atoms with van der Waals surface area (Å²) in [4.78, 5) is 43.4. The Bertz CT molecular complexity index is 1010. The molecule has 0 bridgehead atoms. The smallest absolute Gasteiger partial charge is 0.332 e. The number of thiazole rings is 1. The Morgan fingerprint density at radius 3 is 2.56 bits per heavy atom. The molecule has 0 spiro atoms. The van der Waals surface area contributed by atoms with Crippen molar-refractivity contribution in [1.29, 1.82) is 0 Å². The molecule has 170 valence electrons. The topological polar surface area (TPSA) is 129 Å². The molecular formula is C22H25N3O6S. The lowest BCUT2D eigenvalue weighted by Gasteiger charge is -2.26. The van der Waals surface area contributed by atoms with Gasteiger partial charge >= 0.3 is 5.97 Å². The number of carbonyl (C=O) groups is 3. The fraction of sp³-hybridized carbons (Fsp3) is 0.455. The monoisotopic (exact) mass is 459 g/mol. The zero-order chi connectivity index (χ0) is 22.8. The van der Waals surface area contributed by atoms with Crippen molar-refractivity contribution in [2.24, 2.45) is 0 Å². The molecule has 32 heavy (non-hydrogen) atoms. The number of aliphatic hydroxyl groups is 1. The third kappa shape index (κ3) is 4.67. The average Bonchev–Trinajstić information content (AvgIpc) is 3.51. The van der Waals surface area contributed by atoms with Crippen LogP contribution in [0.5, 0.6) is 0 Å². The van der Waals surface area contributed by atoms with E-state index in [0.717, 1.165) is 21.7 Å². The lowest BCUT2D eigenvalue weighted by molar-refractivity contribution is -0.156. The fourth-order valence-electron chi connectivity index (χ4n) is 4.15. The van der Waals surface area contributed by atoms with Crippen LogP contribution in [0, 0.1) is 6.92 Å². The highest BCUT2D eigenvalue weighted by Crippen LogP contribution is 2.28. The third-order valence-electron chi connectivity index (χ3n) is 5.86. The van der Waals surface area contributed by atoms with Crippen LogP contribution in [0.2, 0.25) is 0 Å². The normalized spacial score (nSPS) is 25.1. The number of rotatable bonds is 6. The molecule has 4 rings (SSSR count). The van der Waals surface area contributed by atoms with Gasteiger partial charge < -0.3 is 25.2 Å². The number of nitrogens with one attached hydrogen (secondary N) is 1. The molecule has 10 heteroatoms. The molecular weight excluding hydrogens is 434 g/mol. The number of β-amino-alcohol motifs (C(OH)–C–C–N with tert-alkyl or cyclic N) is 1. The van der Waals surface area contributed by atoms with Gasteiger partial charge in [0.15, 0.2) is 6.10 Å². The van der Waals surface area contributed by atoms with Gasteiger partial charge in [-0.05, 0) is 30.9 Å². The Labute approximate surface area is 189 Å². The molecule has 4 atom stereocenters. The lowest BCUT2D eigenvalue weighted by atomic mass is 10.1. The van der Waals surface area contributed by atoms with Crippen LogP contribution in [-0.4, -0.2) is 68.8 Å². The van der Waals surface area contributed by atoms with Crippen LogP contribution in [0.15, 0.2) is 29.8 Å². The number of carboxylic acid groups (broad SMARTS) is 1. The molecule has 2 amide bonds. The Morgan fingerprint density at radius 1 is 1.22 bits per heavy atom. The summed E-state index contributed by atoms with van der Waals surface area (Å²) < 4.78 is 5.33. The highest BCUT2D eigenvalue weighted by atomic mass is 32.1. The summed E-state index contributed by atoms with van der Waals surface area (Å²) in [6, 6.07) is 7.00. The summed E-state index contributed by atoms with van der Waals surface area (Å²) in [6.07, 6.45) is -2.07. The quantitative estimate of drug-likeness (QED) is 0.594. The van der Waals surface area contributed by atoms with Gasteiger partial charge in [0.1, 0.15) is 12.1 Å². The maximum atomic E-state index is 12.8. The molecule has 0 aliphatic carbocycles. The second-order valence-electron chi connectivity index (χ2n) is 8.11. The molecule has 2 fully saturated rings. The molecule has 2 aliphatic rings. The predicted octanol–water partition coefficient (Wildman–Crippen LogP) is 1.33. The number of ether oxygens (including phenoxy) is 1. The third-order valence-corrected chi connectivity index (χ3v) is 6.84. The molecule has 1 aromatic heterocycles. The van der Waals surface area contributed by atoms with Gasteiger partial charge in [-0.2, -0.15) is 0 Å². The van der Waals surface area contributed by atoms with Crippen LogP contribution in [0.3, 0.4) is 0 Å². The second kappa shape index (κ2) is 9.35. The van der Waals surface area contributed by atoms with Gasteiger partial charge in [0, 0.05) is 19.5 Å². The summed E-state index contributed by atoms with van der Waals surface area (Å²) in [5, 5.41) is 22.0. The van der Waals surface area contributed by atoms with Crippen LogP contribution >= 0.6 is 11.3 Å². The maximum Gasteiger partial charge on any atom is 0.332 e. The van der Waals surface area contributed by atoms with E-state index in [2.05, 4.69) is 10.3 Å². The SMILES string of the molecule is Cc1ncsc1-c1ccc(CNC(=O)[C@@H]2C[C@@H](O)CN2C(=O)[C@H]2CC[C@@H](C(=O)O)O2)cc1. The average molecular weight is 460 g/mol.